The van der Waals surface area contributed by atoms with E-state index in [0.29, 0.717) is 12.3 Å². The SMILES string of the molecule is Cl.O=C(CCC1CCNC1)NC(c1ccccc1)C1CCCO1. The third kappa shape index (κ3) is 5.20. The molecular formula is C18H27ClN2O2. The van der Waals surface area contributed by atoms with Gasteiger partial charge in [-0.2, -0.15) is 0 Å². The van der Waals surface area contributed by atoms with Crippen molar-refractivity contribution in [3.8, 4) is 0 Å². The first-order chi connectivity index (χ1) is 10.8. The van der Waals surface area contributed by atoms with Crippen molar-refractivity contribution >= 4 is 18.3 Å². The van der Waals surface area contributed by atoms with Gasteiger partial charge in [0.15, 0.2) is 0 Å². The fraction of sp³-hybridized carbons (Fsp3) is 0.611. The number of hydrogen-bond donors (Lipinski definition) is 2. The van der Waals surface area contributed by atoms with E-state index in [2.05, 4.69) is 22.8 Å². The van der Waals surface area contributed by atoms with Crippen LogP contribution in [0.4, 0.5) is 0 Å². The molecule has 0 aromatic heterocycles. The van der Waals surface area contributed by atoms with E-state index >= 15 is 0 Å². The Kier molecular flexibility index (Phi) is 7.34. The van der Waals surface area contributed by atoms with Crippen molar-refractivity contribution in [3.05, 3.63) is 35.9 Å². The van der Waals surface area contributed by atoms with Crippen LogP contribution in [0.3, 0.4) is 0 Å². The standard InChI is InChI=1S/C18H26N2O2.ClH/c21-17(9-8-14-10-11-19-13-14)20-18(16-7-4-12-22-16)15-5-2-1-3-6-15;/h1-3,5-6,14,16,18-19H,4,7-13H2,(H,20,21);1H. The first kappa shape index (κ1) is 18.2. The Bertz CT molecular complexity index is 471. The van der Waals surface area contributed by atoms with E-state index in [0.717, 1.165) is 44.5 Å². The highest BCUT2D eigenvalue weighted by molar-refractivity contribution is 5.85. The lowest BCUT2D eigenvalue weighted by molar-refractivity contribution is -0.123. The minimum Gasteiger partial charge on any atom is -0.376 e. The highest BCUT2D eigenvalue weighted by atomic mass is 35.5. The van der Waals surface area contributed by atoms with Crippen molar-refractivity contribution in [2.24, 2.45) is 5.92 Å². The topological polar surface area (TPSA) is 50.4 Å². The van der Waals surface area contributed by atoms with Crippen LogP contribution in [0.25, 0.3) is 0 Å². The van der Waals surface area contributed by atoms with Gasteiger partial charge < -0.3 is 15.4 Å². The number of carbonyl (C=O) groups excluding carboxylic acids is 1. The minimum absolute atomic E-state index is 0. The predicted octanol–water partition coefficient (Wildman–Crippen LogP) is 2.83. The Morgan fingerprint density at radius 3 is 2.78 bits per heavy atom. The fourth-order valence-corrected chi connectivity index (χ4v) is 3.46. The van der Waals surface area contributed by atoms with Crippen molar-refractivity contribution < 1.29 is 9.53 Å². The van der Waals surface area contributed by atoms with Crippen LogP contribution in [-0.4, -0.2) is 31.7 Å². The molecule has 0 aliphatic carbocycles. The normalized spacial score (nSPS) is 24.9. The molecule has 23 heavy (non-hydrogen) atoms. The number of benzene rings is 1. The van der Waals surface area contributed by atoms with Crippen molar-refractivity contribution in [1.29, 1.82) is 0 Å². The lowest BCUT2D eigenvalue weighted by Crippen LogP contribution is -2.36. The molecule has 2 N–H and O–H groups in total. The number of amides is 1. The molecule has 2 saturated heterocycles. The van der Waals surface area contributed by atoms with E-state index in [4.69, 9.17) is 4.74 Å². The number of carbonyl (C=O) groups is 1. The van der Waals surface area contributed by atoms with Gasteiger partial charge in [-0.25, -0.2) is 0 Å². The van der Waals surface area contributed by atoms with Crippen LogP contribution in [0.1, 0.15) is 43.7 Å². The lowest BCUT2D eigenvalue weighted by Gasteiger charge is -2.25. The first-order valence-corrected chi connectivity index (χ1v) is 8.49. The van der Waals surface area contributed by atoms with Crippen molar-refractivity contribution in [2.45, 2.75) is 44.2 Å². The molecule has 2 fully saturated rings. The van der Waals surface area contributed by atoms with Gasteiger partial charge in [-0.05, 0) is 50.3 Å². The number of halogens is 1. The van der Waals surface area contributed by atoms with E-state index in [9.17, 15) is 4.79 Å². The summed E-state index contributed by atoms with van der Waals surface area (Å²) in [5.41, 5.74) is 1.14. The highest BCUT2D eigenvalue weighted by Gasteiger charge is 2.28. The molecule has 0 saturated carbocycles. The molecular weight excluding hydrogens is 312 g/mol. The number of hydrogen-bond acceptors (Lipinski definition) is 3. The van der Waals surface area contributed by atoms with Gasteiger partial charge in [-0.3, -0.25) is 4.79 Å². The predicted molar refractivity (Wildman–Crippen MR) is 93.8 cm³/mol. The van der Waals surface area contributed by atoms with E-state index in [1.165, 1.54) is 6.42 Å². The van der Waals surface area contributed by atoms with Gasteiger partial charge in [0.1, 0.15) is 0 Å². The largest absolute Gasteiger partial charge is 0.376 e. The molecule has 1 aromatic rings. The molecule has 128 valence electrons. The fourth-order valence-electron chi connectivity index (χ4n) is 3.46. The summed E-state index contributed by atoms with van der Waals surface area (Å²) in [5, 5.41) is 6.57. The molecule has 1 amide bonds. The van der Waals surface area contributed by atoms with Gasteiger partial charge in [0.25, 0.3) is 0 Å². The van der Waals surface area contributed by atoms with Crippen molar-refractivity contribution in [2.75, 3.05) is 19.7 Å². The van der Waals surface area contributed by atoms with Crippen LogP contribution >= 0.6 is 12.4 Å². The Hall–Kier alpha value is -1.10. The Balaban J connectivity index is 0.00000192. The lowest BCUT2D eigenvalue weighted by atomic mass is 9.98. The second-order valence-electron chi connectivity index (χ2n) is 6.40. The summed E-state index contributed by atoms with van der Waals surface area (Å²) >= 11 is 0. The van der Waals surface area contributed by atoms with Gasteiger partial charge in [0.05, 0.1) is 12.1 Å². The quantitative estimate of drug-likeness (QED) is 0.838. The van der Waals surface area contributed by atoms with Crippen LogP contribution in [0.2, 0.25) is 0 Å². The molecule has 5 heteroatoms. The Labute approximate surface area is 144 Å². The number of ether oxygens (including phenoxy) is 1. The van der Waals surface area contributed by atoms with Crippen LogP contribution in [0, 0.1) is 5.92 Å². The highest BCUT2D eigenvalue weighted by Crippen LogP contribution is 2.27. The summed E-state index contributed by atoms with van der Waals surface area (Å²) in [4.78, 5) is 12.4. The maximum atomic E-state index is 12.4. The van der Waals surface area contributed by atoms with Crippen molar-refractivity contribution in [1.82, 2.24) is 10.6 Å². The van der Waals surface area contributed by atoms with Crippen LogP contribution in [0.5, 0.6) is 0 Å². The molecule has 2 aliphatic heterocycles. The summed E-state index contributed by atoms with van der Waals surface area (Å²) in [7, 11) is 0. The second-order valence-corrected chi connectivity index (χ2v) is 6.40. The Morgan fingerprint density at radius 2 is 2.13 bits per heavy atom. The zero-order valence-corrected chi connectivity index (χ0v) is 14.3. The molecule has 2 heterocycles. The number of nitrogens with one attached hydrogen (secondary N) is 2. The molecule has 4 nitrogen and oxygen atoms in total. The molecule has 1 aromatic carbocycles. The van der Waals surface area contributed by atoms with Gasteiger partial charge >= 0.3 is 0 Å². The van der Waals surface area contributed by atoms with Gasteiger partial charge in [-0.1, -0.05) is 30.3 Å². The third-order valence-electron chi connectivity index (χ3n) is 4.75. The van der Waals surface area contributed by atoms with Gasteiger partial charge in [0, 0.05) is 13.0 Å². The summed E-state index contributed by atoms with van der Waals surface area (Å²) in [6.45, 7) is 2.95. The third-order valence-corrected chi connectivity index (χ3v) is 4.75. The molecule has 3 unspecified atom stereocenters. The Morgan fingerprint density at radius 1 is 1.30 bits per heavy atom. The summed E-state index contributed by atoms with van der Waals surface area (Å²) in [6, 6.07) is 10.2. The zero-order valence-electron chi connectivity index (χ0n) is 13.5. The van der Waals surface area contributed by atoms with Crippen molar-refractivity contribution in [3.63, 3.8) is 0 Å². The summed E-state index contributed by atoms with van der Waals surface area (Å²) in [5.74, 6) is 0.805. The van der Waals surface area contributed by atoms with E-state index < -0.39 is 0 Å². The maximum absolute atomic E-state index is 12.4. The molecule has 2 aliphatic rings. The van der Waals surface area contributed by atoms with E-state index in [-0.39, 0.29) is 30.5 Å². The molecule has 3 atom stereocenters. The van der Waals surface area contributed by atoms with Crippen LogP contribution < -0.4 is 10.6 Å². The van der Waals surface area contributed by atoms with Crippen LogP contribution in [-0.2, 0) is 9.53 Å². The molecule has 0 radical (unpaired) electrons. The zero-order chi connectivity index (χ0) is 15.2. The van der Waals surface area contributed by atoms with E-state index in [1.807, 2.05) is 18.2 Å². The summed E-state index contributed by atoms with van der Waals surface area (Å²) in [6.07, 6.45) is 5.00. The van der Waals surface area contributed by atoms with Crippen LogP contribution in [0.15, 0.2) is 30.3 Å². The number of rotatable bonds is 6. The first-order valence-electron chi connectivity index (χ1n) is 8.49. The minimum atomic E-state index is -0.0158. The molecule has 0 bridgehead atoms. The monoisotopic (exact) mass is 338 g/mol. The van der Waals surface area contributed by atoms with Gasteiger partial charge in [-0.15, -0.1) is 12.4 Å². The average Bonchev–Trinajstić information content (AvgIpc) is 3.25. The second kappa shape index (κ2) is 9.26. The average molecular weight is 339 g/mol. The van der Waals surface area contributed by atoms with E-state index in [1.54, 1.807) is 0 Å². The van der Waals surface area contributed by atoms with Gasteiger partial charge in [0.2, 0.25) is 5.91 Å². The summed E-state index contributed by atoms with van der Waals surface area (Å²) < 4.78 is 5.82. The molecule has 0 spiro atoms. The molecule has 3 rings (SSSR count). The maximum Gasteiger partial charge on any atom is 0.220 e. The smallest absolute Gasteiger partial charge is 0.220 e.